The van der Waals surface area contributed by atoms with E-state index in [0.717, 1.165) is 82.7 Å². The van der Waals surface area contributed by atoms with Crippen molar-refractivity contribution in [1.29, 1.82) is 0 Å². The monoisotopic (exact) mass is 704 g/mol. The Morgan fingerprint density at radius 1 is 0.769 bits per heavy atom. The van der Waals surface area contributed by atoms with Crippen molar-refractivity contribution in [1.82, 2.24) is 40.0 Å². The Hall–Kier alpha value is -5.26. The van der Waals surface area contributed by atoms with Gasteiger partial charge in [0.05, 0.1) is 36.1 Å². The zero-order valence-corrected chi connectivity index (χ0v) is 30.8. The predicted octanol–water partition coefficient (Wildman–Crippen LogP) is 7.17. The van der Waals surface area contributed by atoms with Crippen LogP contribution in [0.2, 0.25) is 0 Å². The van der Waals surface area contributed by atoms with E-state index in [-0.39, 0.29) is 41.7 Å². The van der Waals surface area contributed by atoms with Crippen molar-refractivity contribution < 1.29 is 19.1 Å². The van der Waals surface area contributed by atoms with Crippen molar-refractivity contribution in [3.05, 3.63) is 66.4 Å². The number of pyridine rings is 1. The molecule has 0 saturated carbocycles. The highest BCUT2D eigenvalue weighted by Gasteiger charge is 2.38. The van der Waals surface area contributed by atoms with Gasteiger partial charge in [0, 0.05) is 36.3 Å². The molecule has 3 amide bonds. The van der Waals surface area contributed by atoms with Crippen LogP contribution in [0.15, 0.2) is 54.7 Å². The maximum Gasteiger partial charge on any atom is 0.407 e. The predicted molar refractivity (Wildman–Crippen MR) is 200 cm³/mol. The molecule has 0 radical (unpaired) electrons. The molecule has 2 aromatic carbocycles. The van der Waals surface area contributed by atoms with Gasteiger partial charge in [0.15, 0.2) is 5.65 Å². The molecule has 2 fully saturated rings. The first-order valence-electron chi connectivity index (χ1n) is 18.4. The van der Waals surface area contributed by atoms with Crippen LogP contribution in [0.4, 0.5) is 4.79 Å². The van der Waals surface area contributed by atoms with Crippen LogP contribution in [-0.4, -0.2) is 78.9 Å². The van der Waals surface area contributed by atoms with Crippen LogP contribution >= 0.6 is 0 Å². The van der Waals surface area contributed by atoms with E-state index in [1.807, 2.05) is 48.9 Å². The molecule has 12 nitrogen and oxygen atoms in total. The molecular weight excluding hydrogens is 656 g/mol. The first-order chi connectivity index (χ1) is 25.0. The number of aromatic amines is 2. The topological polar surface area (TPSA) is 149 Å². The lowest BCUT2D eigenvalue weighted by atomic mass is 9.96. The van der Waals surface area contributed by atoms with Crippen LogP contribution in [0.3, 0.4) is 0 Å². The van der Waals surface area contributed by atoms with Gasteiger partial charge in [-0.25, -0.2) is 19.7 Å². The number of carbonyl (C=O) groups is 3. The quantitative estimate of drug-likeness (QED) is 0.147. The molecule has 0 unspecified atom stereocenters. The number of amides is 3. The minimum absolute atomic E-state index is 0.0301. The fourth-order valence-electron chi connectivity index (χ4n) is 7.50. The molecule has 3 N–H and O–H groups in total. The van der Waals surface area contributed by atoms with E-state index in [2.05, 4.69) is 65.5 Å². The number of alkyl carbamates (subject to hydrolysis) is 1. The van der Waals surface area contributed by atoms with Gasteiger partial charge in [0.1, 0.15) is 17.7 Å². The molecule has 52 heavy (non-hydrogen) atoms. The molecule has 2 aliphatic rings. The number of aromatic nitrogens is 5. The lowest BCUT2D eigenvalue weighted by Crippen LogP contribution is -2.51. The van der Waals surface area contributed by atoms with Crippen LogP contribution in [0.5, 0.6) is 0 Å². The van der Waals surface area contributed by atoms with Crippen molar-refractivity contribution in [2.24, 2.45) is 17.8 Å². The molecule has 7 rings (SSSR count). The number of fused-ring (bicyclic) bond motifs is 2. The van der Waals surface area contributed by atoms with Gasteiger partial charge in [-0.2, -0.15) is 0 Å². The lowest BCUT2D eigenvalue weighted by molar-refractivity contribution is -0.137. The number of carbonyl (C=O) groups excluding carboxylic acids is 3. The summed E-state index contributed by atoms with van der Waals surface area (Å²) in [5.41, 5.74) is 5.10. The van der Waals surface area contributed by atoms with E-state index >= 15 is 0 Å². The third kappa shape index (κ3) is 6.73. The summed E-state index contributed by atoms with van der Waals surface area (Å²) < 4.78 is 4.76. The fraction of sp³-hybridized carbons (Fsp3) is 0.450. The van der Waals surface area contributed by atoms with Crippen LogP contribution in [-0.2, 0) is 14.3 Å². The highest BCUT2D eigenvalue weighted by molar-refractivity contribution is 5.91. The van der Waals surface area contributed by atoms with Gasteiger partial charge in [-0.15, -0.1) is 0 Å². The number of imidazole rings is 2. The normalized spacial score (nSPS) is 18.8. The minimum atomic E-state index is -0.681. The second-order valence-corrected chi connectivity index (χ2v) is 14.9. The summed E-state index contributed by atoms with van der Waals surface area (Å²) in [5.74, 6) is 1.75. The Morgan fingerprint density at radius 2 is 1.40 bits per heavy atom. The maximum absolute atomic E-state index is 13.6. The van der Waals surface area contributed by atoms with Gasteiger partial charge < -0.3 is 29.8 Å². The Kier molecular flexibility index (Phi) is 9.73. The molecule has 2 aliphatic heterocycles. The number of benzene rings is 2. The number of nitrogens with one attached hydrogen (secondary N) is 3. The Morgan fingerprint density at radius 3 is 2.04 bits per heavy atom. The van der Waals surface area contributed by atoms with Crippen LogP contribution in [0.1, 0.15) is 84.0 Å². The fourth-order valence-corrected chi connectivity index (χ4v) is 7.50. The van der Waals surface area contributed by atoms with Gasteiger partial charge >= 0.3 is 6.09 Å². The summed E-state index contributed by atoms with van der Waals surface area (Å²) in [5, 5.41) is 4.85. The molecule has 2 saturated heterocycles. The number of ether oxygens (including phenoxy) is 1. The number of nitrogens with zero attached hydrogens (tertiary/aromatic N) is 5. The summed E-state index contributed by atoms with van der Waals surface area (Å²) in [6.07, 6.45) is 4.78. The van der Waals surface area contributed by atoms with Crippen LogP contribution in [0, 0.1) is 17.8 Å². The summed E-state index contributed by atoms with van der Waals surface area (Å²) in [4.78, 5) is 64.1. The Labute approximate surface area is 303 Å². The largest absolute Gasteiger partial charge is 0.453 e. The number of rotatable bonds is 9. The molecule has 4 atom stereocenters. The molecule has 5 aromatic rings. The van der Waals surface area contributed by atoms with E-state index in [0.29, 0.717) is 12.2 Å². The van der Waals surface area contributed by atoms with Crippen molar-refractivity contribution in [3.8, 4) is 22.5 Å². The van der Waals surface area contributed by atoms with E-state index in [1.54, 1.807) is 0 Å². The van der Waals surface area contributed by atoms with Crippen LogP contribution < -0.4 is 5.32 Å². The van der Waals surface area contributed by atoms with Gasteiger partial charge in [0.2, 0.25) is 11.8 Å². The van der Waals surface area contributed by atoms with Gasteiger partial charge in [0.25, 0.3) is 0 Å². The minimum Gasteiger partial charge on any atom is -0.453 e. The Balaban J connectivity index is 1.08. The molecule has 5 heterocycles. The first kappa shape index (κ1) is 35.2. The van der Waals surface area contributed by atoms with Crippen molar-refractivity contribution in [2.75, 3.05) is 20.2 Å². The van der Waals surface area contributed by atoms with Crippen molar-refractivity contribution in [2.45, 2.75) is 78.4 Å². The third-order valence-corrected chi connectivity index (χ3v) is 10.9. The van der Waals surface area contributed by atoms with Gasteiger partial charge in [-0.05, 0) is 72.6 Å². The smallest absolute Gasteiger partial charge is 0.407 e. The van der Waals surface area contributed by atoms with Crippen molar-refractivity contribution >= 4 is 39.8 Å². The molecule has 0 spiro atoms. The lowest BCUT2D eigenvalue weighted by Gasteiger charge is -2.29. The van der Waals surface area contributed by atoms with Crippen LogP contribution in [0.25, 0.3) is 44.5 Å². The number of hydrogen-bond acceptors (Lipinski definition) is 7. The number of likely N-dealkylation sites (tertiary alicyclic amines) is 2. The average molecular weight is 705 g/mol. The highest BCUT2D eigenvalue weighted by Crippen LogP contribution is 2.36. The zero-order chi connectivity index (χ0) is 36.7. The van der Waals surface area contributed by atoms with E-state index in [1.165, 1.54) is 7.11 Å². The molecule has 12 heteroatoms. The van der Waals surface area contributed by atoms with Crippen molar-refractivity contribution in [3.63, 3.8) is 0 Å². The van der Waals surface area contributed by atoms with E-state index < -0.39 is 12.1 Å². The highest BCUT2D eigenvalue weighted by atomic mass is 16.5. The molecule has 0 aliphatic carbocycles. The molecule has 3 aromatic heterocycles. The molecule has 272 valence electrons. The second-order valence-electron chi connectivity index (χ2n) is 14.9. The standard InChI is InChI=1S/C40H48N8O4/c1-22(2)24(5)38(49)47-17-8-10-33(47)37-43-30-16-15-29(42-35(30)46-37)27-13-11-26-20-28(14-12-25(26)19-27)31-21-41-36(44-31)32-9-7-18-48(32)39(50)34(23(3)4)45-40(51)52-6/h11-16,19-24,32-34H,7-10,17-18H2,1-6H3,(H,41,44)(H,45,51)(H,42,43,46)/t24-,32-,33-,34-/m0/s1. The number of H-pyrrole nitrogens is 2. The summed E-state index contributed by atoms with van der Waals surface area (Å²) >= 11 is 0. The number of methoxy groups -OCH3 is 1. The maximum atomic E-state index is 13.6. The van der Waals surface area contributed by atoms with Gasteiger partial charge in [-0.1, -0.05) is 58.9 Å². The number of hydrogen-bond donors (Lipinski definition) is 3. The first-order valence-corrected chi connectivity index (χ1v) is 18.4. The third-order valence-electron chi connectivity index (χ3n) is 10.9. The van der Waals surface area contributed by atoms with E-state index in [9.17, 15) is 14.4 Å². The second kappa shape index (κ2) is 14.4. The summed E-state index contributed by atoms with van der Waals surface area (Å²) in [6, 6.07) is 15.7. The summed E-state index contributed by atoms with van der Waals surface area (Å²) in [7, 11) is 1.30. The van der Waals surface area contributed by atoms with E-state index in [4.69, 9.17) is 19.7 Å². The molecular formula is C40H48N8O4. The van der Waals surface area contributed by atoms with Gasteiger partial charge in [-0.3, -0.25) is 9.59 Å². The average Bonchev–Trinajstić information content (AvgIpc) is 3.97. The SMILES string of the molecule is COC(=O)N[C@H](C(=O)N1CCC[C@H]1c1nc(-c2ccc3cc(-c4ccc5[nH]c([C@@H]6CCCN6C(=O)[C@@H](C)C(C)C)nc5n4)ccc3c2)c[nH]1)C(C)C. The Bertz CT molecular complexity index is 2120. The molecule has 0 bridgehead atoms. The summed E-state index contributed by atoms with van der Waals surface area (Å²) in [6.45, 7) is 11.4. The zero-order valence-electron chi connectivity index (χ0n) is 30.8.